The van der Waals surface area contributed by atoms with Crippen molar-refractivity contribution in [3.05, 3.63) is 83.1 Å². The zero-order valence-corrected chi connectivity index (χ0v) is 16.7. The minimum Gasteiger partial charge on any atom is -0.493 e. The second-order valence-electron chi connectivity index (χ2n) is 6.43. The Balaban J connectivity index is 1.86. The molecule has 2 aromatic carbocycles. The predicted octanol–water partition coefficient (Wildman–Crippen LogP) is 2.58. The van der Waals surface area contributed by atoms with Gasteiger partial charge in [-0.3, -0.25) is 14.8 Å². The summed E-state index contributed by atoms with van der Waals surface area (Å²) in [5.74, 6) is 1.19. The Morgan fingerprint density at radius 1 is 1.00 bits per heavy atom. The number of ether oxygens (including phenoxy) is 2. The monoisotopic (exact) mass is 408 g/mol. The van der Waals surface area contributed by atoms with Gasteiger partial charge in [-0.15, -0.1) is 0 Å². The molecule has 0 saturated carbocycles. The second kappa shape index (κ2) is 8.79. The Bertz CT molecular complexity index is 1130. The van der Waals surface area contributed by atoms with E-state index in [1.54, 1.807) is 25.4 Å². The van der Waals surface area contributed by atoms with Crippen molar-refractivity contribution in [3.63, 3.8) is 0 Å². The van der Waals surface area contributed by atoms with E-state index in [2.05, 4.69) is 9.98 Å². The van der Waals surface area contributed by atoms with Crippen LogP contribution in [-0.2, 0) is 11.4 Å². The molecule has 0 N–H and O–H groups in total. The number of hydroxylamine groups is 1. The van der Waals surface area contributed by atoms with Gasteiger partial charge in [0.2, 0.25) is 0 Å². The first-order chi connectivity index (χ1) is 14.7. The van der Waals surface area contributed by atoms with E-state index < -0.39 is 0 Å². The molecule has 1 aromatic heterocycles. The standard InChI is InChI=1S/C22H21FN4O3/c1-28-20-12-18-19(13-21(20)29-2)25-15-26(23)22(18)27(17-9-4-3-5-10-17)30-14-16-8-6-7-11-24-16/h3-13H,14-15H2,1-2H3. The molecule has 0 spiro atoms. The molecule has 1 aliphatic heterocycles. The summed E-state index contributed by atoms with van der Waals surface area (Å²) in [6.45, 7) is -0.0130. The van der Waals surface area contributed by atoms with Crippen LogP contribution in [0.15, 0.2) is 71.9 Å². The molecule has 0 atom stereocenters. The molecule has 30 heavy (non-hydrogen) atoms. The van der Waals surface area contributed by atoms with Crippen molar-refractivity contribution in [2.45, 2.75) is 6.61 Å². The molecular weight excluding hydrogens is 387 g/mol. The number of hydrogen-bond donors (Lipinski definition) is 0. The average molecular weight is 408 g/mol. The normalized spacial score (nSPS) is 12.8. The molecule has 0 unspecified atom stereocenters. The summed E-state index contributed by atoms with van der Waals surface area (Å²) < 4.78 is 25.9. The van der Waals surface area contributed by atoms with Crippen LogP contribution < -0.4 is 25.1 Å². The maximum absolute atomic E-state index is 15.1. The molecule has 0 aliphatic carbocycles. The highest BCUT2D eigenvalue weighted by molar-refractivity contribution is 5.64. The SMILES string of the molecule is COc1cc2c(cc1OC)=C(N(OCc1ccccn1)c1ccccc1)N(F)CN=2. The Labute approximate surface area is 173 Å². The van der Waals surface area contributed by atoms with E-state index in [-0.39, 0.29) is 19.1 Å². The Hall–Kier alpha value is -3.65. The van der Waals surface area contributed by atoms with Crippen LogP contribution >= 0.6 is 0 Å². The summed E-state index contributed by atoms with van der Waals surface area (Å²) in [6.07, 6.45) is 1.69. The Morgan fingerprint density at radius 3 is 2.43 bits per heavy atom. The quantitative estimate of drug-likeness (QED) is 0.442. The van der Waals surface area contributed by atoms with Crippen molar-refractivity contribution in [1.29, 1.82) is 0 Å². The number of nitrogens with zero attached hydrogens (tertiary/aromatic N) is 4. The minimum absolute atomic E-state index is 0.160. The van der Waals surface area contributed by atoms with E-state index in [0.717, 1.165) is 5.69 Å². The molecule has 0 radical (unpaired) electrons. The van der Waals surface area contributed by atoms with Crippen LogP contribution in [0.25, 0.3) is 5.82 Å². The lowest BCUT2D eigenvalue weighted by Crippen LogP contribution is -2.44. The zero-order chi connectivity index (χ0) is 20.9. The Kier molecular flexibility index (Phi) is 5.76. The second-order valence-corrected chi connectivity index (χ2v) is 6.43. The van der Waals surface area contributed by atoms with E-state index in [1.807, 2.05) is 48.5 Å². The first kappa shape index (κ1) is 19.7. The van der Waals surface area contributed by atoms with Gasteiger partial charge < -0.3 is 9.47 Å². The first-order valence-electron chi connectivity index (χ1n) is 9.33. The van der Waals surface area contributed by atoms with Gasteiger partial charge in [0.15, 0.2) is 17.3 Å². The summed E-state index contributed by atoms with van der Waals surface area (Å²) in [5.41, 5.74) is 1.38. The van der Waals surface area contributed by atoms with Crippen LogP contribution in [0.5, 0.6) is 11.5 Å². The third kappa shape index (κ3) is 3.90. The number of para-hydroxylation sites is 1. The molecule has 1 aliphatic rings. The number of fused-ring (bicyclic) bond motifs is 1. The van der Waals surface area contributed by atoms with Crippen LogP contribution in [0.4, 0.5) is 10.2 Å². The fourth-order valence-corrected chi connectivity index (χ4v) is 3.16. The number of aromatic nitrogens is 1. The van der Waals surface area contributed by atoms with Gasteiger partial charge in [0.25, 0.3) is 0 Å². The predicted molar refractivity (Wildman–Crippen MR) is 109 cm³/mol. The minimum atomic E-state index is -0.173. The number of halogens is 1. The lowest BCUT2D eigenvalue weighted by Gasteiger charge is -2.30. The highest BCUT2D eigenvalue weighted by Gasteiger charge is 2.25. The molecule has 2 heterocycles. The summed E-state index contributed by atoms with van der Waals surface area (Å²) in [6, 6.07) is 18.2. The molecule has 154 valence electrons. The van der Waals surface area contributed by atoms with Crippen LogP contribution in [0.1, 0.15) is 5.69 Å². The number of hydrogen-bond acceptors (Lipinski definition) is 7. The number of benzene rings is 2. The highest BCUT2D eigenvalue weighted by Crippen LogP contribution is 2.27. The van der Waals surface area contributed by atoms with E-state index in [1.165, 1.54) is 12.2 Å². The topological polar surface area (TPSA) is 59.4 Å². The van der Waals surface area contributed by atoms with E-state index >= 15 is 4.48 Å². The zero-order valence-electron chi connectivity index (χ0n) is 16.7. The van der Waals surface area contributed by atoms with Crippen LogP contribution in [0.3, 0.4) is 0 Å². The summed E-state index contributed by atoms with van der Waals surface area (Å²) in [7, 11) is 3.08. The van der Waals surface area contributed by atoms with Crippen molar-refractivity contribution in [1.82, 2.24) is 10.1 Å². The van der Waals surface area contributed by atoms with Crippen molar-refractivity contribution in [3.8, 4) is 11.5 Å². The van der Waals surface area contributed by atoms with Gasteiger partial charge in [0.1, 0.15) is 13.3 Å². The van der Waals surface area contributed by atoms with Gasteiger partial charge >= 0.3 is 0 Å². The van der Waals surface area contributed by atoms with Crippen molar-refractivity contribution in [2.24, 2.45) is 4.99 Å². The van der Waals surface area contributed by atoms with Crippen molar-refractivity contribution >= 4 is 11.5 Å². The molecule has 7 nitrogen and oxygen atoms in total. The molecule has 0 bridgehead atoms. The van der Waals surface area contributed by atoms with Crippen LogP contribution in [-0.4, -0.2) is 31.0 Å². The molecule has 0 saturated heterocycles. The fourth-order valence-electron chi connectivity index (χ4n) is 3.16. The lowest BCUT2D eigenvalue weighted by molar-refractivity contribution is 0.0531. The van der Waals surface area contributed by atoms with Gasteiger partial charge in [0.05, 0.1) is 31.0 Å². The number of anilines is 1. The smallest absolute Gasteiger partial charge is 0.175 e. The van der Waals surface area contributed by atoms with Gasteiger partial charge in [0, 0.05) is 17.5 Å². The van der Waals surface area contributed by atoms with E-state index in [4.69, 9.17) is 14.3 Å². The van der Waals surface area contributed by atoms with Gasteiger partial charge in [-0.1, -0.05) is 28.7 Å². The van der Waals surface area contributed by atoms with Crippen LogP contribution in [0, 0.1) is 0 Å². The number of rotatable bonds is 7. The van der Waals surface area contributed by atoms with E-state index in [0.29, 0.717) is 32.9 Å². The molecule has 3 aromatic rings. The average Bonchev–Trinajstić information content (AvgIpc) is 2.80. The molecule has 4 rings (SSSR count). The first-order valence-corrected chi connectivity index (χ1v) is 9.33. The van der Waals surface area contributed by atoms with Crippen molar-refractivity contribution in [2.75, 3.05) is 26.0 Å². The maximum atomic E-state index is 15.1. The lowest BCUT2D eigenvalue weighted by atomic mass is 10.2. The summed E-state index contributed by atoms with van der Waals surface area (Å²) >= 11 is 0. The molecular formula is C22H21FN4O3. The van der Waals surface area contributed by atoms with E-state index in [9.17, 15) is 0 Å². The molecule has 0 fully saturated rings. The highest BCUT2D eigenvalue weighted by atomic mass is 19.2. The summed E-state index contributed by atoms with van der Waals surface area (Å²) in [4.78, 5) is 14.6. The molecule has 0 amide bonds. The van der Waals surface area contributed by atoms with Crippen LogP contribution in [0.2, 0.25) is 0 Å². The third-order valence-corrected chi connectivity index (χ3v) is 4.59. The van der Waals surface area contributed by atoms with Gasteiger partial charge in [-0.05, 0) is 30.3 Å². The Morgan fingerprint density at radius 2 is 1.73 bits per heavy atom. The van der Waals surface area contributed by atoms with Crippen molar-refractivity contribution < 1.29 is 18.8 Å². The summed E-state index contributed by atoms with van der Waals surface area (Å²) in [5, 5.41) is 3.10. The largest absolute Gasteiger partial charge is 0.493 e. The molecule has 8 heteroatoms. The van der Waals surface area contributed by atoms with Gasteiger partial charge in [-0.25, -0.2) is 5.06 Å². The fraction of sp³-hybridized carbons (Fsp3) is 0.182. The number of pyridine rings is 1. The third-order valence-electron chi connectivity index (χ3n) is 4.59. The van der Waals surface area contributed by atoms with Gasteiger partial charge in [-0.2, -0.15) is 5.12 Å². The maximum Gasteiger partial charge on any atom is 0.175 e. The number of methoxy groups -OCH3 is 2.